The van der Waals surface area contributed by atoms with Crippen molar-refractivity contribution in [3.63, 3.8) is 0 Å². The molecule has 0 heteroatoms. The van der Waals surface area contributed by atoms with Crippen LogP contribution in [0.25, 0.3) is 0 Å². The van der Waals surface area contributed by atoms with Gasteiger partial charge in [0.15, 0.2) is 0 Å². The van der Waals surface area contributed by atoms with E-state index in [1.165, 1.54) is 31.3 Å². The molecule has 0 amide bonds. The molecule has 0 aromatic heterocycles. The number of rotatable bonds is 0. The van der Waals surface area contributed by atoms with E-state index in [2.05, 4.69) is 33.4 Å². The molecule has 1 rings (SSSR count). The SMILES string of the molecule is CC=C=C1CCC(C(C)(C)C)CC1. The van der Waals surface area contributed by atoms with Crippen molar-refractivity contribution < 1.29 is 0 Å². The van der Waals surface area contributed by atoms with Crippen LogP contribution in [0.15, 0.2) is 17.4 Å². The molecule has 0 unspecified atom stereocenters. The molecule has 0 bridgehead atoms. The van der Waals surface area contributed by atoms with Gasteiger partial charge in [0.05, 0.1) is 0 Å². The highest BCUT2D eigenvalue weighted by atomic mass is 14.3. The summed E-state index contributed by atoms with van der Waals surface area (Å²) in [4.78, 5) is 0. The predicted octanol–water partition coefficient (Wildman–Crippen LogP) is 4.32. The van der Waals surface area contributed by atoms with Crippen molar-refractivity contribution in [1.82, 2.24) is 0 Å². The van der Waals surface area contributed by atoms with E-state index in [4.69, 9.17) is 0 Å². The Kier molecular flexibility index (Phi) is 3.39. The zero-order valence-corrected chi connectivity index (χ0v) is 9.48. The summed E-state index contributed by atoms with van der Waals surface area (Å²) >= 11 is 0. The van der Waals surface area contributed by atoms with Gasteiger partial charge in [-0.2, -0.15) is 0 Å². The third-order valence-corrected chi connectivity index (χ3v) is 3.16. The summed E-state index contributed by atoms with van der Waals surface area (Å²) in [6.45, 7) is 9.15. The molecular formula is C13H22. The first-order valence-electron chi connectivity index (χ1n) is 5.43. The van der Waals surface area contributed by atoms with Crippen LogP contribution in [0.5, 0.6) is 0 Å². The average molecular weight is 178 g/mol. The molecule has 0 aliphatic heterocycles. The van der Waals surface area contributed by atoms with Crippen LogP contribution in [0, 0.1) is 11.3 Å². The first kappa shape index (κ1) is 10.6. The van der Waals surface area contributed by atoms with Crippen LogP contribution in [0.2, 0.25) is 0 Å². The molecule has 1 aliphatic carbocycles. The monoisotopic (exact) mass is 178 g/mol. The van der Waals surface area contributed by atoms with Crippen LogP contribution < -0.4 is 0 Å². The maximum Gasteiger partial charge on any atom is -0.0241 e. The second-order valence-electron chi connectivity index (χ2n) is 5.18. The standard InChI is InChI=1S/C13H22/c1-5-6-11-7-9-12(10-8-11)13(2,3)4/h5,12H,7-10H2,1-4H3. The zero-order valence-electron chi connectivity index (χ0n) is 9.48. The number of hydrogen-bond donors (Lipinski definition) is 0. The quantitative estimate of drug-likeness (QED) is 0.484. The van der Waals surface area contributed by atoms with E-state index in [-0.39, 0.29) is 0 Å². The number of hydrogen-bond acceptors (Lipinski definition) is 0. The van der Waals surface area contributed by atoms with Crippen molar-refractivity contribution in [3.05, 3.63) is 17.4 Å². The molecule has 1 aliphatic rings. The molecular weight excluding hydrogens is 156 g/mol. The highest BCUT2D eigenvalue weighted by molar-refractivity contribution is 5.05. The van der Waals surface area contributed by atoms with Crippen LogP contribution in [0.4, 0.5) is 0 Å². The molecule has 0 nitrogen and oxygen atoms in total. The fourth-order valence-electron chi connectivity index (χ4n) is 2.18. The van der Waals surface area contributed by atoms with Crippen LogP contribution in [0.1, 0.15) is 53.4 Å². The van der Waals surface area contributed by atoms with Gasteiger partial charge < -0.3 is 0 Å². The zero-order chi connectivity index (χ0) is 9.90. The molecule has 0 aromatic rings. The summed E-state index contributed by atoms with van der Waals surface area (Å²) in [5, 5.41) is 0. The van der Waals surface area contributed by atoms with E-state index in [1.54, 1.807) is 0 Å². The minimum absolute atomic E-state index is 0.501. The third kappa shape index (κ3) is 3.04. The van der Waals surface area contributed by atoms with Gasteiger partial charge in [-0.3, -0.25) is 0 Å². The van der Waals surface area contributed by atoms with Crippen molar-refractivity contribution in [2.24, 2.45) is 11.3 Å². The Balaban J connectivity index is 2.53. The van der Waals surface area contributed by atoms with E-state index >= 15 is 0 Å². The lowest BCUT2D eigenvalue weighted by molar-refractivity contribution is 0.197. The lowest BCUT2D eigenvalue weighted by Crippen LogP contribution is -2.23. The number of allylic oxidation sites excluding steroid dienone is 1. The molecule has 0 heterocycles. The average Bonchev–Trinajstić information content (AvgIpc) is 2.04. The van der Waals surface area contributed by atoms with Crippen LogP contribution in [-0.4, -0.2) is 0 Å². The fourth-order valence-corrected chi connectivity index (χ4v) is 2.18. The van der Waals surface area contributed by atoms with Gasteiger partial charge in [-0.1, -0.05) is 20.8 Å². The predicted molar refractivity (Wildman–Crippen MR) is 58.7 cm³/mol. The second kappa shape index (κ2) is 4.15. The normalized spacial score (nSPS) is 24.0. The van der Waals surface area contributed by atoms with Crippen molar-refractivity contribution in [3.8, 4) is 0 Å². The Morgan fingerprint density at radius 2 is 1.77 bits per heavy atom. The van der Waals surface area contributed by atoms with E-state index in [1.807, 2.05) is 6.08 Å². The van der Waals surface area contributed by atoms with Gasteiger partial charge >= 0.3 is 0 Å². The van der Waals surface area contributed by atoms with Gasteiger partial charge in [-0.05, 0) is 55.6 Å². The van der Waals surface area contributed by atoms with Gasteiger partial charge in [0.1, 0.15) is 0 Å². The topological polar surface area (TPSA) is 0 Å². The smallest absolute Gasteiger partial charge is 0.0241 e. The molecule has 1 fully saturated rings. The molecule has 0 N–H and O–H groups in total. The lowest BCUT2D eigenvalue weighted by Gasteiger charge is -2.34. The minimum Gasteiger partial charge on any atom is -0.126 e. The molecule has 13 heavy (non-hydrogen) atoms. The molecule has 0 saturated heterocycles. The van der Waals surface area contributed by atoms with Crippen LogP contribution in [0.3, 0.4) is 0 Å². The third-order valence-electron chi connectivity index (χ3n) is 3.16. The maximum atomic E-state index is 3.35. The van der Waals surface area contributed by atoms with E-state index in [0.29, 0.717) is 5.41 Å². The Hall–Kier alpha value is -0.480. The summed E-state index contributed by atoms with van der Waals surface area (Å²) in [5.41, 5.74) is 5.38. The van der Waals surface area contributed by atoms with Crippen molar-refractivity contribution in [2.75, 3.05) is 0 Å². The van der Waals surface area contributed by atoms with Gasteiger partial charge in [-0.25, -0.2) is 0 Å². The molecule has 0 atom stereocenters. The van der Waals surface area contributed by atoms with E-state index < -0.39 is 0 Å². The molecule has 74 valence electrons. The summed E-state index contributed by atoms with van der Waals surface area (Å²) in [5.74, 6) is 0.912. The largest absolute Gasteiger partial charge is 0.126 e. The van der Waals surface area contributed by atoms with Gasteiger partial charge in [0.25, 0.3) is 0 Å². The van der Waals surface area contributed by atoms with Gasteiger partial charge in [0.2, 0.25) is 0 Å². The summed E-state index contributed by atoms with van der Waals surface area (Å²) in [6, 6.07) is 0. The Morgan fingerprint density at radius 1 is 1.23 bits per heavy atom. The Bertz CT molecular complexity index is 211. The van der Waals surface area contributed by atoms with E-state index in [9.17, 15) is 0 Å². The molecule has 0 aromatic carbocycles. The lowest BCUT2D eigenvalue weighted by atomic mass is 9.71. The molecule has 0 radical (unpaired) electrons. The molecule has 1 saturated carbocycles. The first-order chi connectivity index (χ1) is 6.04. The van der Waals surface area contributed by atoms with Crippen molar-refractivity contribution in [1.29, 1.82) is 0 Å². The highest BCUT2D eigenvalue weighted by Crippen LogP contribution is 2.39. The van der Waals surface area contributed by atoms with Crippen molar-refractivity contribution >= 4 is 0 Å². The van der Waals surface area contributed by atoms with E-state index in [0.717, 1.165) is 5.92 Å². The Morgan fingerprint density at radius 3 is 2.15 bits per heavy atom. The van der Waals surface area contributed by atoms with Gasteiger partial charge in [0, 0.05) is 0 Å². The first-order valence-corrected chi connectivity index (χ1v) is 5.43. The second-order valence-corrected chi connectivity index (χ2v) is 5.18. The summed E-state index contributed by atoms with van der Waals surface area (Å²) in [7, 11) is 0. The summed E-state index contributed by atoms with van der Waals surface area (Å²) in [6.07, 6.45) is 7.31. The van der Waals surface area contributed by atoms with Crippen LogP contribution >= 0.6 is 0 Å². The minimum atomic E-state index is 0.501. The van der Waals surface area contributed by atoms with Crippen molar-refractivity contribution in [2.45, 2.75) is 53.4 Å². The highest BCUT2D eigenvalue weighted by Gasteiger charge is 2.27. The maximum absolute atomic E-state index is 3.35. The summed E-state index contributed by atoms with van der Waals surface area (Å²) < 4.78 is 0. The van der Waals surface area contributed by atoms with Crippen LogP contribution in [-0.2, 0) is 0 Å². The molecule has 0 spiro atoms. The van der Waals surface area contributed by atoms with Gasteiger partial charge in [-0.15, -0.1) is 5.73 Å². The Labute approximate surface area is 82.7 Å². The fraction of sp³-hybridized carbons (Fsp3) is 0.769.